The smallest absolute Gasteiger partial charge is 0.359 e. The van der Waals surface area contributed by atoms with Crippen molar-refractivity contribution in [2.45, 2.75) is 32.7 Å². The zero-order valence-corrected chi connectivity index (χ0v) is 27.2. The molecule has 2 aromatic heterocycles. The molecule has 1 fully saturated rings. The van der Waals surface area contributed by atoms with Gasteiger partial charge in [0.15, 0.2) is 16.5 Å². The number of nitrogens with zero attached hydrogens (tertiary/aromatic N) is 6. The summed E-state index contributed by atoms with van der Waals surface area (Å²) in [7, 11) is 3.64. The molecule has 14 heteroatoms. The summed E-state index contributed by atoms with van der Waals surface area (Å²) in [6.07, 6.45) is 4.64. The van der Waals surface area contributed by atoms with E-state index in [9.17, 15) is 14.0 Å². The second-order valence-corrected chi connectivity index (χ2v) is 12.1. The molecule has 232 valence electrons. The topological polar surface area (TPSA) is 122 Å². The first-order valence-electron chi connectivity index (χ1n) is 14.3. The van der Waals surface area contributed by atoms with Crippen LogP contribution < -0.4 is 15.1 Å². The minimum Gasteiger partial charge on any atom is -0.463 e. The van der Waals surface area contributed by atoms with Crippen LogP contribution in [0.4, 0.5) is 16.0 Å². The number of anilines is 2. The molecule has 0 saturated carbocycles. The fourth-order valence-electron chi connectivity index (χ4n) is 5.28. The number of nitrogens with one attached hydrogen (secondary N) is 1. The lowest BCUT2D eigenvalue weighted by Gasteiger charge is -2.37. The molecule has 44 heavy (non-hydrogen) atoms. The summed E-state index contributed by atoms with van der Waals surface area (Å²) in [5, 5.41) is 5.96. The predicted molar refractivity (Wildman–Crippen MR) is 170 cm³/mol. The van der Waals surface area contributed by atoms with Crippen LogP contribution in [0.1, 0.15) is 53.8 Å². The quantitative estimate of drug-likeness (QED) is 0.311. The molecule has 0 spiro atoms. The molecule has 11 nitrogen and oxygen atoms in total. The average molecular weight is 687 g/mol. The monoisotopic (exact) mass is 685 g/mol. The van der Waals surface area contributed by atoms with Gasteiger partial charge in [0.2, 0.25) is 5.95 Å². The average Bonchev–Trinajstić information content (AvgIpc) is 3.56. The van der Waals surface area contributed by atoms with Crippen LogP contribution in [0.5, 0.6) is 0 Å². The van der Waals surface area contributed by atoms with Gasteiger partial charge in [0.05, 0.1) is 30.7 Å². The van der Waals surface area contributed by atoms with Gasteiger partial charge in [-0.1, -0.05) is 22.0 Å². The van der Waals surface area contributed by atoms with Crippen LogP contribution in [0.15, 0.2) is 56.7 Å². The fraction of sp³-hybridized carbons (Fsp3) is 0.400. The summed E-state index contributed by atoms with van der Waals surface area (Å²) in [5.74, 6) is -0.484. The van der Waals surface area contributed by atoms with Crippen molar-refractivity contribution in [1.82, 2.24) is 20.3 Å². The van der Waals surface area contributed by atoms with Crippen molar-refractivity contribution < 1.29 is 23.5 Å². The SMILES string of the molecule is CCOC(=O)C1=C(C2CCN(c3ncc(N(C)C)c(C(=O)OCC)n3)CC2)NC(c2nccs2)=NC1c1ccc(F)cc1Br. The van der Waals surface area contributed by atoms with E-state index in [0.717, 1.165) is 0 Å². The number of carbonyl (C=O) groups is 2. The number of amidine groups is 1. The number of halogens is 2. The highest BCUT2D eigenvalue weighted by Gasteiger charge is 2.38. The van der Waals surface area contributed by atoms with Crippen LogP contribution >= 0.6 is 27.3 Å². The number of piperidine rings is 1. The second-order valence-electron chi connectivity index (χ2n) is 10.3. The number of hydrogen-bond acceptors (Lipinski definition) is 12. The molecule has 1 atom stereocenters. The molecule has 0 radical (unpaired) electrons. The number of esters is 2. The van der Waals surface area contributed by atoms with E-state index in [2.05, 4.69) is 36.2 Å². The summed E-state index contributed by atoms with van der Waals surface area (Å²) in [5.41, 5.74) is 2.52. The van der Waals surface area contributed by atoms with Gasteiger partial charge in [0.1, 0.15) is 11.9 Å². The van der Waals surface area contributed by atoms with Crippen LogP contribution in [-0.4, -0.2) is 73.1 Å². The minimum atomic E-state index is -0.744. The van der Waals surface area contributed by atoms with E-state index in [4.69, 9.17) is 14.5 Å². The van der Waals surface area contributed by atoms with Gasteiger partial charge in [-0.3, -0.25) is 4.99 Å². The number of aromatic nitrogens is 3. The molecule has 0 bridgehead atoms. The summed E-state index contributed by atoms with van der Waals surface area (Å²) in [6.45, 7) is 5.09. The lowest BCUT2D eigenvalue weighted by atomic mass is 9.85. The van der Waals surface area contributed by atoms with E-state index in [1.165, 1.54) is 23.5 Å². The molecule has 2 aliphatic heterocycles. The highest BCUT2D eigenvalue weighted by atomic mass is 79.9. The van der Waals surface area contributed by atoms with Gasteiger partial charge in [0, 0.05) is 54.8 Å². The van der Waals surface area contributed by atoms with Crippen LogP contribution in [-0.2, 0) is 14.3 Å². The molecule has 2 aliphatic rings. The number of thiazole rings is 1. The van der Waals surface area contributed by atoms with Crippen molar-refractivity contribution in [2.24, 2.45) is 10.9 Å². The first kappa shape index (κ1) is 31.5. The van der Waals surface area contributed by atoms with Gasteiger partial charge in [-0.25, -0.2) is 28.9 Å². The molecule has 5 rings (SSSR count). The number of benzene rings is 1. The Morgan fingerprint density at radius 3 is 2.50 bits per heavy atom. The van der Waals surface area contributed by atoms with E-state index in [0.29, 0.717) is 69.7 Å². The first-order valence-corrected chi connectivity index (χ1v) is 16.0. The number of rotatable bonds is 9. The number of carbonyl (C=O) groups excluding carboxylic acids is 2. The lowest BCUT2D eigenvalue weighted by Crippen LogP contribution is -2.42. The van der Waals surface area contributed by atoms with Crippen molar-refractivity contribution in [1.29, 1.82) is 0 Å². The first-order chi connectivity index (χ1) is 21.2. The van der Waals surface area contributed by atoms with Crippen LogP contribution in [0.2, 0.25) is 0 Å². The van der Waals surface area contributed by atoms with E-state index in [-0.39, 0.29) is 24.8 Å². The third kappa shape index (κ3) is 6.60. The summed E-state index contributed by atoms with van der Waals surface area (Å²) < 4.78 is 25.3. The van der Waals surface area contributed by atoms with Gasteiger partial charge >= 0.3 is 11.9 Å². The molecule has 3 aromatic rings. The Bertz CT molecular complexity index is 1590. The van der Waals surface area contributed by atoms with E-state index >= 15 is 0 Å². The van der Waals surface area contributed by atoms with Crippen LogP contribution in [0.25, 0.3) is 0 Å². The summed E-state index contributed by atoms with van der Waals surface area (Å²) in [4.78, 5) is 48.5. The molecule has 0 amide bonds. The Morgan fingerprint density at radius 1 is 1.14 bits per heavy atom. The van der Waals surface area contributed by atoms with Crippen LogP contribution in [0, 0.1) is 11.7 Å². The maximum Gasteiger partial charge on any atom is 0.359 e. The van der Waals surface area contributed by atoms with Crippen molar-refractivity contribution in [3.63, 3.8) is 0 Å². The van der Waals surface area contributed by atoms with E-state index in [1.807, 2.05) is 24.4 Å². The predicted octanol–water partition coefficient (Wildman–Crippen LogP) is 4.90. The third-order valence-electron chi connectivity index (χ3n) is 7.36. The summed E-state index contributed by atoms with van der Waals surface area (Å²) in [6, 6.07) is 3.61. The molecule has 1 unspecified atom stereocenters. The Labute approximate surface area is 267 Å². The Morgan fingerprint density at radius 2 is 1.86 bits per heavy atom. The molecule has 4 heterocycles. The highest BCUT2D eigenvalue weighted by molar-refractivity contribution is 9.10. The maximum atomic E-state index is 14.1. The van der Waals surface area contributed by atoms with Gasteiger partial charge in [-0.05, 0) is 44.4 Å². The number of hydrogen-bond donors (Lipinski definition) is 1. The van der Waals surface area contributed by atoms with E-state index in [1.54, 1.807) is 37.2 Å². The van der Waals surface area contributed by atoms with Crippen molar-refractivity contribution in [3.8, 4) is 0 Å². The molecule has 1 saturated heterocycles. The lowest BCUT2D eigenvalue weighted by molar-refractivity contribution is -0.139. The second kappa shape index (κ2) is 13.8. The number of ether oxygens (including phenoxy) is 2. The molecular weight excluding hydrogens is 653 g/mol. The normalized spacial score (nSPS) is 17.2. The summed E-state index contributed by atoms with van der Waals surface area (Å²) >= 11 is 4.91. The largest absolute Gasteiger partial charge is 0.463 e. The zero-order valence-electron chi connectivity index (χ0n) is 24.8. The molecule has 1 N–H and O–H groups in total. The fourth-order valence-corrected chi connectivity index (χ4v) is 6.44. The van der Waals surface area contributed by atoms with Crippen molar-refractivity contribution in [3.05, 3.63) is 73.8 Å². The third-order valence-corrected chi connectivity index (χ3v) is 8.82. The van der Waals surface area contributed by atoms with Crippen molar-refractivity contribution >= 4 is 56.7 Å². The standard InChI is InChI=1S/C30H33BrFN7O4S/c1-5-42-28(40)22-23(35-26(27-33-11-14-44-27)36-24(22)19-8-7-18(32)15-20(19)31)17-9-12-39(13-10-17)30-34-16-21(38(3)4)25(37-30)29(41)43-6-2/h7-8,11,14-17,24H,5-6,9-10,12-13H2,1-4H3,(H,35,36). The Hall–Kier alpha value is -3.91. The van der Waals surface area contributed by atoms with Gasteiger partial charge in [-0.15, -0.1) is 11.3 Å². The van der Waals surface area contributed by atoms with E-state index < -0.39 is 23.8 Å². The molecule has 0 aliphatic carbocycles. The number of aliphatic imine (C=N–C) groups is 1. The van der Waals surface area contributed by atoms with Crippen LogP contribution in [0.3, 0.4) is 0 Å². The Balaban J connectivity index is 1.49. The van der Waals surface area contributed by atoms with Gasteiger partial charge in [-0.2, -0.15) is 0 Å². The zero-order chi connectivity index (χ0) is 31.4. The number of allylic oxidation sites excluding steroid dienone is 1. The maximum absolute atomic E-state index is 14.1. The molecular formula is C30H33BrFN7O4S. The molecule has 1 aromatic carbocycles. The van der Waals surface area contributed by atoms with Gasteiger partial charge in [0.25, 0.3) is 0 Å². The highest BCUT2D eigenvalue weighted by Crippen LogP contribution is 2.40. The minimum absolute atomic E-state index is 0.0663. The van der Waals surface area contributed by atoms with Crippen molar-refractivity contribution in [2.75, 3.05) is 50.2 Å². The van der Waals surface area contributed by atoms with Gasteiger partial charge < -0.3 is 24.6 Å². The Kier molecular flexibility index (Phi) is 9.89.